The van der Waals surface area contributed by atoms with E-state index in [1.165, 1.54) is 6.07 Å². The lowest BCUT2D eigenvalue weighted by Gasteiger charge is -2.19. The molecule has 0 saturated heterocycles. The Kier molecular flexibility index (Phi) is 4.25. The van der Waals surface area contributed by atoms with Crippen LogP contribution in [-0.4, -0.2) is 33.1 Å². The Morgan fingerprint density at radius 3 is 2.75 bits per heavy atom. The lowest BCUT2D eigenvalue weighted by Crippen LogP contribution is -2.23. The maximum Gasteiger partial charge on any atom is 0.147 e. The third-order valence-electron chi connectivity index (χ3n) is 2.30. The highest BCUT2D eigenvalue weighted by Crippen LogP contribution is 2.18. The molecular weight excluding hydrogens is 209 g/mol. The second kappa shape index (κ2) is 5.46. The number of benzene rings is 1. The first kappa shape index (κ1) is 12.4. The Morgan fingerprint density at radius 2 is 2.25 bits per heavy atom. The van der Waals surface area contributed by atoms with Crippen LogP contribution in [0.3, 0.4) is 0 Å². The van der Waals surface area contributed by atoms with Gasteiger partial charge in [0.25, 0.3) is 0 Å². The second-order valence-electron chi connectivity index (χ2n) is 3.49. The lowest BCUT2D eigenvalue weighted by atomic mass is 10.1. The van der Waals surface area contributed by atoms with Gasteiger partial charge >= 0.3 is 0 Å². The largest absolute Gasteiger partial charge is 0.384 e. The molecule has 3 N–H and O–H groups in total. The Balaban J connectivity index is 2.85. The van der Waals surface area contributed by atoms with Crippen LogP contribution in [0.25, 0.3) is 0 Å². The molecule has 0 aliphatic carbocycles. The summed E-state index contributed by atoms with van der Waals surface area (Å²) in [5.41, 5.74) is 6.14. The first-order valence-electron chi connectivity index (χ1n) is 4.90. The van der Waals surface area contributed by atoms with E-state index in [2.05, 4.69) is 0 Å². The normalized spacial score (nSPS) is 10.2. The highest BCUT2D eigenvalue weighted by atomic mass is 19.1. The van der Waals surface area contributed by atoms with Crippen LogP contribution in [0.4, 0.5) is 10.1 Å². The van der Waals surface area contributed by atoms with Gasteiger partial charge in [-0.15, -0.1) is 0 Å². The van der Waals surface area contributed by atoms with Crippen LogP contribution in [0.15, 0.2) is 18.2 Å². The lowest BCUT2D eigenvalue weighted by molar-refractivity contribution is 0.206. The molecule has 0 atom stereocenters. The van der Waals surface area contributed by atoms with Gasteiger partial charge in [-0.25, -0.2) is 4.39 Å². The summed E-state index contributed by atoms with van der Waals surface area (Å²) >= 11 is 0. The average Bonchev–Trinajstić information content (AvgIpc) is 2.25. The minimum absolute atomic E-state index is 0.134. The van der Waals surface area contributed by atoms with Crippen molar-refractivity contribution < 1.29 is 9.13 Å². The van der Waals surface area contributed by atoms with Crippen LogP contribution < -0.4 is 10.6 Å². The summed E-state index contributed by atoms with van der Waals surface area (Å²) < 4.78 is 18.6. The van der Waals surface area contributed by atoms with Gasteiger partial charge in [0.15, 0.2) is 0 Å². The van der Waals surface area contributed by atoms with Crippen LogP contribution >= 0.6 is 0 Å². The van der Waals surface area contributed by atoms with Crippen molar-refractivity contribution >= 4 is 11.5 Å². The third kappa shape index (κ3) is 2.93. The third-order valence-corrected chi connectivity index (χ3v) is 2.30. The number of halogens is 1. The van der Waals surface area contributed by atoms with Crippen LogP contribution in [0.2, 0.25) is 0 Å². The first-order chi connectivity index (χ1) is 7.56. The molecule has 0 spiro atoms. The van der Waals surface area contributed by atoms with E-state index in [0.29, 0.717) is 24.4 Å². The zero-order valence-corrected chi connectivity index (χ0v) is 9.46. The highest BCUT2D eigenvalue weighted by molar-refractivity contribution is 5.95. The number of nitrogen functional groups attached to an aromatic ring is 1. The summed E-state index contributed by atoms with van der Waals surface area (Å²) in [5.74, 6) is -0.517. The Morgan fingerprint density at radius 1 is 1.56 bits per heavy atom. The van der Waals surface area contributed by atoms with Gasteiger partial charge in [-0.3, -0.25) is 5.41 Å². The van der Waals surface area contributed by atoms with E-state index in [-0.39, 0.29) is 11.7 Å². The predicted molar refractivity (Wildman–Crippen MR) is 62.6 cm³/mol. The van der Waals surface area contributed by atoms with Crippen molar-refractivity contribution in [3.63, 3.8) is 0 Å². The Bertz CT molecular complexity index is 381. The maximum absolute atomic E-state index is 13.7. The fourth-order valence-electron chi connectivity index (χ4n) is 1.33. The van der Waals surface area contributed by atoms with Crippen molar-refractivity contribution in [2.75, 3.05) is 32.2 Å². The molecule has 0 aliphatic rings. The SMILES string of the molecule is COCCN(C)c1ccc(C(=N)N)cc1F. The molecule has 0 radical (unpaired) electrons. The summed E-state index contributed by atoms with van der Waals surface area (Å²) in [5, 5.41) is 7.20. The van der Waals surface area contributed by atoms with Crippen molar-refractivity contribution in [2.24, 2.45) is 5.73 Å². The van der Waals surface area contributed by atoms with Gasteiger partial charge in [-0.1, -0.05) is 0 Å². The number of methoxy groups -OCH3 is 1. The highest BCUT2D eigenvalue weighted by Gasteiger charge is 2.08. The van der Waals surface area contributed by atoms with Crippen molar-refractivity contribution in [1.29, 1.82) is 5.41 Å². The van der Waals surface area contributed by atoms with Gasteiger partial charge in [0.1, 0.15) is 11.7 Å². The molecule has 16 heavy (non-hydrogen) atoms. The molecule has 1 aromatic carbocycles. The molecule has 88 valence electrons. The average molecular weight is 225 g/mol. The molecular formula is C11H16FN3O. The number of rotatable bonds is 5. The Labute approximate surface area is 94.3 Å². The first-order valence-corrected chi connectivity index (χ1v) is 4.90. The molecule has 1 rings (SSSR count). The molecule has 5 heteroatoms. The van der Waals surface area contributed by atoms with E-state index in [0.717, 1.165) is 0 Å². The van der Waals surface area contributed by atoms with Crippen molar-refractivity contribution in [2.45, 2.75) is 0 Å². The van der Waals surface area contributed by atoms with E-state index in [4.69, 9.17) is 15.9 Å². The smallest absolute Gasteiger partial charge is 0.147 e. The molecule has 0 bridgehead atoms. The van der Waals surface area contributed by atoms with E-state index in [1.54, 1.807) is 31.2 Å². The predicted octanol–water partition coefficient (Wildman–Crippen LogP) is 1.19. The molecule has 0 unspecified atom stereocenters. The number of ether oxygens (including phenoxy) is 1. The van der Waals surface area contributed by atoms with Gasteiger partial charge in [0.2, 0.25) is 0 Å². The minimum atomic E-state index is -0.383. The van der Waals surface area contributed by atoms with Crippen LogP contribution in [0.5, 0.6) is 0 Å². The van der Waals surface area contributed by atoms with E-state index in [1.807, 2.05) is 0 Å². The minimum Gasteiger partial charge on any atom is -0.384 e. The van der Waals surface area contributed by atoms with Gasteiger partial charge in [-0.05, 0) is 18.2 Å². The molecule has 0 aromatic heterocycles. The molecule has 4 nitrogen and oxygen atoms in total. The topological polar surface area (TPSA) is 62.3 Å². The number of hydrogen-bond donors (Lipinski definition) is 2. The van der Waals surface area contributed by atoms with Crippen molar-refractivity contribution in [3.05, 3.63) is 29.6 Å². The molecule has 0 heterocycles. The number of nitrogens with two attached hydrogens (primary N) is 1. The zero-order chi connectivity index (χ0) is 12.1. The molecule has 0 aliphatic heterocycles. The molecule has 0 fully saturated rings. The van der Waals surface area contributed by atoms with E-state index in [9.17, 15) is 4.39 Å². The summed E-state index contributed by atoms with van der Waals surface area (Å²) in [4.78, 5) is 1.75. The van der Waals surface area contributed by atoms with Crippen molar-refractivity contribution in [1.82, 2.24) is 0 Å². The fourth-order valence-corrected chi connectivity index (χ4v) is 1.33. The standard InChI is InChI=1S/C11H16FN3O/c1-15(5-6-16-2)10-4-3-8(11(13)14)7-9(10)12/h3-4,7H,5-6H2,1-2H3,(H3,13,14). The summed E-state index contributed by atoms with van der Waals surface area (Å²) in [6, 6.07) is 4.51. The summed E-state index contributed by atoms with van der Waals surface area (Å²) in [7, 11) is 3.38. The summed E-state index contributed by atoms with van der Waals surface area (Å²) in [6.45, 7) is 1.14. The molecule has 0 amide bonds. The maximum atomic E-state index is 13.7. The second-order valence-corrected chi connectivity index (χ2v) is 3.49. The van der Waals surface area contributed by atoms with Gasteiger partial charge < -0.3 is 15.4 Å². The monoisotopic (exact) mass is 225 g/mol. The number of nitrogens with zero attached hydrogens (tertiary/aromatic N) is 1. The number of amidine groups is 1. The quantitative estimate of drug-likeness (QED) is 0.584. The fraction of sp³-hybridized carbons (Fsp3) is 0.364. The van der Waals surface area contributed by atoms with Gasteiger partial charge in [-0.2, -0.15) is 0 Å². The number of nitrogens with one attached hydrogen (secondary N) is 1. The van der Waals surface area contributed by atoms with Crippen LogP contribution in [0.1, 0.15) is 5.56 Å². The zero-order valence-electron chi connectivity index (χ0n) is 9.46. The van der Waals surface area contributed by atoms with E-state index >= 15 is 0 Å². The van der Waals surface area contributed by atoms with E-state index < -0.39 is 0 Å². The number of hydrogen-bond acceptors (Lipinski definition) is 3. The summed E-state index contributed by atoms with van der Waals surface area (Å²) in [6.07, 6.45) is 0. The number of anilines is 1. The Hall–Kier alpha value is -1.62. The van der Waals surface area contributed by atoms with Gasteiger partial charge in [0.05, 0.1) is 12.3 Å². The van der Waals surface area contributed by atoms with Crippen LogP contribution in [-0.2, 0) is 4.74 Å². The van der Waals surface area contributed by atoms with Crippen LogP contribution in [0, 0.1) is 11.2 Å². The number of likely N-dealkylation sites (N-methyl/N-ethyl adjacent to an activating group) is 1. The molecule has 1 aromatic rings. The van der Waals surface area contributed by atoms with Gasteiger partial charge in [0, 0.05) is 26.3 Å². The van der Waals surface area contributed by atoms with Crippen molar-refractivity contribution in [3.8, 4) is 0 Å². The molecule has 0 saturated carbocycles.